The van der Waals surface area contributed by atoms with E-state index in [2.05, 4.69) is 20.8 Å². The Hall–Kier alpha value is -1.68. The van der Waals surface area contributed by atoms with Crippen molar-refractivity contribution in [2.24, 2.45) is 5.73 Å². The van der Waals surface area contributed by atoms with Gasteiger partial charge in [0, 0.05) is 6.54 Å². The first-order chi connectivity index (χ1) is 8.54. The van der Waals surface area contributed by atoms with Crippen molar-refractivity contribution < 1.29 is 9.59 Å². The third-order valence-electron chi connectivity index (χ3n) is 1.97. The van der Waals surface area contributed by atoms with Crippen molar-refractivity contribution in [1.29, 1.82) is 0 Å². The van der Waals surface area contributed by atoms with Gasteiger partial charge in [0.25, 0.3) is 0 Å². The highest BCUT2D eigenvalue weighted by molar-refractivity contribution is 8.00. The number of urea groups is 1. The molecule has 0 saturated carbocycles. The Balaban J connectivity index is 2.58. The number of primary amides is 1. The maximum atomic E-state index is 11.5. The maximum Gasteiger partial charge on any atom is 0.318 e. The van der Waals surface area contributed by atoms with Crippen molar-refractivity contribution in [3.63, 3.8) is 0 Å². The Morgan fingerprint density at radius 2 is 2.28 bits per heavy atom. The molecule has 1 unspecified atom stereocenters. The fraction of sp³-hybridized carbons (Fsp3) is 0.625. The molecule has 9 nitrogen and oxygen atoms in total. The average molecular weight is 273 g/mol. The molecule has 1 heterocycles. The summed E-state index contributed by atoms with van der Waals surface area (Å²) >= 11 is 1.16. The number of tetrazole rings is 1. The number of carbonyl (C=O) groups excluding carboxylic acids is 2. The van der Waals surface area contributed by atoms with Crippen LogP contribution >= 0.6 is 11.8 Å². The van der Waals surface area contributed by atoms with Gasteiger partial charge in [-0.15, -0.1) is 5.10 Å². The van der Waals surface area contributed by atoms with Gasteiger partial charge in [-0.05, 0) is 24.4 Å². The highest BCUT2D eigenvalue weighted by Gasteiger charge is 2.19. The Labute approximate surface area is 108 Å². The third-order valence-corrected chi connectivity index (χ3v) is 3.04. The summed E-state index contributed by atoms with van der Waals surface area (Å²) in [4.78, 5) is 22.0. The Morgan fingerprint density at radius 3 is 2.89 bits per heavy atom. The molecule has 0 spiro atoms. The molecule has 1 atom stereocenters. The van der Waals surface area contributed by atoms with Crippen LogP contribution in [0.3, 0.4) is 0 Å². The van der Waals surface area contributed by atoms with Gasteiger partial charge in [0.1, 0.15) is 0 Å². The SMILES string of the molecule is CNCCn1nnnc1SC(C)C(=O)NC(N)=O. The summed E-state index contributed by atoms with van der Waals surface area (Å²) in [6, 6.07) is -0.873. The van der Waals surface area contributed by atoms with E-state index in [1.54, 1.807) is 11.6 Å². The van der Waals surface area contributed by atoms with Crippen LogP contribution in [0.2, 0.25) is 0 Å². The number of hydrogen-bond acceptors (Lipinski definition) is 7. The zero-order valence-corrected chi connectivity index (χ0v) is 10.9. The van der Waals surface area contributed by atoms with E-state index in [4.69, 9.17) is 5.73 Å². The number of carbonyl (C=O) groups is 2. The quantitative estimate of drug-likeness (QED) is 0.542. The lowest BCUT2D eigenvalue weighted by molar-refractivity contribution is -0.119. The average Bonchev–Trinajstić information content (AvgIpc) is 2.72. The number of nitrogens with zero attached hydrogens (tertiary/aromatic N) is 4. The second-order valence-electron chi connectivity index (χ2n) is 3.40. The molecule has 10 heteroatoms. The Bertz CT molecular complexity index is 421. The number of likely N-dealkylation sites (N-methyl/N-ethyl adjacent to an activating group) is 1. The van der Waals surface area contributed by atoms with E-state index in [1.165, 1.54) is 0 Å². The molecule has 0 fully saturated rings. The highest BCUT2D eigenvalue weighted by Crippen LogP contribution is 2.19. The summed E-state index contributed by atoms with van der Waals surface area (Å²) in [6.07, 6.45) is 0. The molecular weight excluding hydrogens is 258 g/mol. The van der Waals surface area contributed by atoms with Crippen LogP contribution in [-0.4, -0.2) is 51.0 Å². The van der Waals surface area contributed by atoms with E-state index in [0.29, 0.717) is 18.2 Å². The highest BCUT2D eigenvalue weighted by atomic mass is 32.2. The van der Waals surface area contributed by atoms with Gasteiger partial charge in [-0.1, -0.05) is 11.8 Å². The molecule has 0 radical (unpaired) electrons. The number of nitrogens with one attached hydrogen (secondary N) is 2. The number of nitrogens with two attached hydrogens (primary N) is 1. The van der Waals surface area contributed by atoms with Crippen LogP contribution in [0.1, 0.15) is 6.92 Å². The van der Waals surface area contributed by atoms with Gasteiger partial charge < -0.3 is 11.1 Å². The molecule has 0 saturated heterocycles. The molecule has 1 rings (SSSR count). The number of aromatic nitrogens is 4. The molecule has 0 aliphatic carbocycles. The van der Waals surface area contributed by atoms with Gasteiger partial charge in [0.2, 0.25) is 11.1 Å². The minimum atomic E-state index is -0.873. The summed E-state index contributed by atoms with van der Waals surface area (Å²) in [5.74, 6) is -0.476. The van der Waals surface area contributed by atoms with E-state index >= 15 is 0 Å². The van der Waals surface area contributed by atoms with Crippen molar-refractivity contribution in [2.75, 3.05) is 13.6 Å². The van der Waals surface area contributed by atoms with E-state index in [1.807, 2.05) is 12.4 Å². The van der Waals surface area contributed by atoms with Gasteiger partial charge in [0.05, 0.1) is 11.8 Å². The molecule has 1 aromatic heterocycles. The van der Waals surface area contributed by atoms with Crippen molar-refractivity contribution in [3.8, 4) is 0 Å². The molecule has 1 aromatic rings. The molecular formula is C8H15N7O2S. The maximum absolute atomic E-state index is 11.5. The largest absolute Gasteiger partial charge is 0.351 e. The predicted molar refractivity (Wildman–Crippen MR) is 64.8 cm³/mol. The van der Waals surface area contributed by atoms with Crippen LogP contribution < -0.4 is 16.4 Å². The normalized spacial score (nSPS) is 12.1. The van der Waals surface area contributed by atoms with Crippen LogP contribution in [0.5, 0.6) is 0 Å². The van der Waals surface area contributed by atoms with Crippen molar-refractivity contribution >= 4 is 23.7 Å². The second-order valence-corrected chi connectivity index (χ2v) is 4.71. The molecule has 3 amide bonds. The first kappa shape index (κ1) is 14.4. The summed E-state index contributed by atoms with van der Waals surface area (Å²) in [5, 5.41) is 16.1. The van der Waals surface area contributed by atoms with Crippen molar-refractivity contribution in [2.45, 2.75) is 23.9 Å². The minimum Gasteiger partial charge on any atom is -0.351 e. The fourth-order valence-corrected chi connectivity index (χ4v) is 1.89. The summed E-state index contributed by atoms with van der Waals surface area (Å²) in [6.45, 7) is 2.94. The zero-order chi connectivity index (χ0) is 13.5. The lowest BCUT2D eigenvalue weighted by Crippen LogP contribution is -2.39. The number of imide groups is 1. The summed E-state index contributed by atoms with van der Waals surface area (Å²) in [7, 11) is 1.82. The van der Waals surface area contributed by atoms with E-state index < -0.39 is 17.2 Å². The van der Waals surface area contributed by atoms with Gasteiger partial charge in [-0.2, -0.15) is 0 Å². The van der Waals surface area contributed by atoms with Gasteiger partial charge in [0.15, 0.2) is 0 Å². The van der Waals surface area contributed by atoms with Gasteiger partial charge in [-0.25, -0.2) is 9.48 Å². The smallest absolute Gasteiger partial charge is 0.318 e. The Kier molecular flexibility index (Phi) is 5.52. The third kappa shape index (κ3) is 4.30. The number of hydrogen-bond donors (Lipinski definition) is 3. The van der Waals surface area contributed by atoms with Crippen LogP contribution in [0.25, 0.3) is 0 Å². The van der Waals surface area contributed by atoms with E-state index in [9.17, 15) is 9.59 Å². The van der Waals surface area contributed by atoms with Crippen LogP contribution in [0, 0.1) is 0 Å². The topological polar surface area (TPSA) is 128 Å². The lowest BCUT2D eigenvalue weighted by atomic mass is 10.4. The van der Waals surface area contributed by atoms with E-state index in [-0.39, 0.29) is 0 Å². The number of rotatable bonds is 6. The number of thioether (sulfide) groups is 1. The molecule has 0 aliphatic rings. The first-order valence-electron chi connectivity index (χ1n) is 5.22. The molecule has 4 N–H and O–H groups in total. The first-order valence-corrected chi connectivity index (χ1v) is 6.10. The zero-order valence-electron chi connectivity index (χ0n) is 10.1. The fourth-order valence-electron chi connectivity index (χ4n) is 1.07. The summed E-state index contributed by atoms with van der Waals surface area (Å²) in [5.41, 5.74) is 4.87. The van der Waals surface area contributed by atoms with Crippen molar-refractivity contribution in [1.82, 2.24) is 30.8 Å². The summed E-state index contributed by atoms with van der Waals surface area (Å²) < 4.78 is 1.58. The van der Waals surface area contributed by atoms with Crippen molar-refractivity contribution in [3.05, 3.63) is 0 Å². The standard InChI is InChI=1S/C8H15N7O2S/c1-5(6(16)11-7(9)17)18-8-12-13-14-15(8)4-3-10-2/h5,10H,3-4H2,1-2H3,(H3,9,11,16,17). The number of amides is 3. The molecule has 0 bridgehead atoms. The monoisotopic (exact) mass is 273 g/mol. The lowest BCUT2D eigenvalue weighted by Gasteiger charge is -2.09. The van der Waals surface area contributed by atoms with Crippen LogP contribution in [0.15, 0.2) is 5.16 Å². The molecule has 18 heavy (non-hydrogen) atoms. The van der Waals surface area contributed by atoms with Gasteiger partial charge in [-0.3, -0.25) is 10.1 Å². The van der Waals surface area contributed by atoms with Crippen LogP contribution in [-0.2, 0) is 11.3 Å². The second kappa shape index (κ2) is 6.91. The minimum absolute atomic E-state index is 0.476. The predicted octanol–water partition coefficient (Wildman–Crippen LogP) is -1.43. The van der Waals surface area contributed by atoms with E-state index in [0.717, 1.165) is 11.8 Å². The molecule has 100 valence electrons. The van der Waals surface area contributed by atoms with Gasteiger partial charge >= 0.3 is 6.03 Å². The van der Waals surface area contributed by atoms with Crippen LogP contribution in [0.4, 0.5) is 4.79 Å². The molecule has 0 aliphatic heterocycles. The molecule has 0 aromatic carbocycles. The Morgan fingerprint density at radius 1 is 1.56 bits per heavy atom.